The van der Waals surface area contributed by atoms with Crippen LogP contribution in [0.3, 0.4) is 0 Å². The number of carbonyl (C=O) groups is 1. The van der Waals surface area contributed by atoms with Crippen LogP contribution in [0.25, 0.3) is 0 Å². The second kappa shape index (κ2) is 10.8. The lowest BCUT2D eigenvalue weighted by Crippen LogP contribution is -2.33. The zero-order chi connectivity index (χ0) is 23.2. The van der Waals surface area contributed by atoms with Crippen LogP contribution >= 0.6 is 0 Å². The molecule has 1 amide bonds. The molecule has 3 aromatic carbocycles. The van der Waals surface area contributed by atoms with Crippen LogP contribution < -0.4 is 5.32 Å². The van der Waals surface area contributed by atoms with Crippen molar-refractivity contribution >= 4 is 5.91 Å². The molecule has 1 atom stereocenters. The fourth-order valence-electron chi connectivity index (χ4n) is 4.99. The van der Waals surface area contributed by atoms with Gasteiger partial charge < -0.3 is 5.32 Å². The molecule has 1 aliphatic heterocycles. The molecule has 0 aliphatic carbocycles. The number of benzene rings is 3. The first-order valence-electron chi connectivity index (χ1n) is 12.2. The predicted molar refractivity (Wildman–Crippen MR) is 136 cm³/mol. The van der Waals surface area contributed by atoms with Crippen LogP contribution in [0.4, 0.5) is 0 Å². The number of aryl methyl sites for hydroxylation is 2. The lowest BCUT2D eigenvalue weighted by atomic mass is 9.90. The third kappa shape index (κ3) is 6.33. The Labute approximate surface area is 198 Å². The highest BCUT2D eigenvalue weighted by Crippen LogP contribution is 2.23. The molecule has 172 valence electrons. The first-order chi connectivity index (χ1) is 16.0. The van der Waals surface area contributed by atoms with Gasteiger partial charge in [-0.1, -0.05) is 66.2 Å². The second-order valence-corrected chi connectivity index (χ2v) is 9.66. The summed E-state index contributed by atoms with van der Waals surface area (Å²) >= 11 is 0. The van der Waals surface area contributed by atoms with Gasteiger partial charge in [-0.05, 0) is 93.4 Å². The zero-order valence-corrected chi connectivity index (χ0v) is 20.2. The second-order valence-electron chi connectivity index (χ2n) is 9.66. The molecule has 4 rings (SSSR count). The molecule has 1 N–H and O–H groups in total. The van der Waals surface area contributed by atoms with Gasteiger partial charge in [-0.25, -0.2) is 0 Å². The summed E-state index contributed by atoms with van der Waals surface area (Å²) in [6, 6.07) is 25.3. The van der Waals surface area contributed by atoms with Crippen molar-refractivity contribution in [1.29, 1.82) is 0 Å². The van der Waals surface area contributed by atoms with Gasteiger partial charge in [0, 0.05) is 12.1 Å². The molecule has 0 radical (unpaired) electrons. The van der Waals surface area contributed by atoms with Crippen molar-refractivity contribution in [3.05, 3.63) is 106 Å². The Morgan fingerprint density at radius 3 is 2.30 bits per heavy atom. The maximum absolute atomic E-state index is 12.8. The quantitative estimate of drug-likeness (QED) is 0.471. The van der Waals surface area contributed by atoms with Gasteiger partial charge in [0.15, 0.2) is 0 Å². The number of nitrogens with zero attached hydrogens (tertiary/aromatic N) is 1. The predicted octanol–water partition coefficient (Wildman–Crippen LogP) is 6.25. The summed E-state index contributed by atoms with van der Waals surface area (Å²) in [5.41, 5.74) is 7.07. The average Bonchev–Trinajstić information content (AvgIpc) is 2.81. The Morgan fingerprint density at radius 2 is 1.64 bits per heavy atom. The van der Waals surface area contributed by atoms with Gasteiger partial charge in [0.05, 0.1) is 6.04 Å². The van der Waals surface area contributed by atoms with Gasteiger partial charge >= 0.3 is 0 Å². The van der Waals surface area contributed by atoms with E-state index in [1.165, 1.54) is 47.1 Å². The molecule has 0 spiro atoms. The van der Waals surface area contributed by atoms with E-state index in [0.717, 1.165) is 31.1 Å². The summed E-state index contributed by atoms with van der Waals surface area (Å²) in [7, 11) is 0. The van der Waals surface area contributed by atoms with Gasteiger partial charge in [0.1, 0.15) is 0 Å². The topological polar surface area (TPSA) is 32.3 Å². The number of carbonyl (C=O) groups excluding carboxylic acids is 1. The SMILES string of the molecule is Cc1ccc(C(C)NC(=O)c2ccc(CN3CCC(Cc4ccccc4)CC3)cc2)c(C)c1. The first-order valence-corrected chi connectivity index (χ1v) is 12.2. The molecule has 1 aliphatic rings. The monoisotopic (exact) mass is 440 g/mol. The molecule has 0 aromatic heterocycles. The van der Waals surface area contributed by atoms with Crippen LogP contribution in [0, 0.1) is 19.8 Å². The van der Waals surface area contributed by atoms with Gasteiger partial charge in [-0.3, -0.25) is 9.69 Å². The van der Waals surface area contributed by atoms with Crippen molar-refractivity contribution in [2.24, 2.45) is 5.92 Å². The number of hydrogen-bond acceptors (Lipinski definition) is 2. The minimum Gasteiger partial charge on any atom is -0.346 e. The largest absolute Gasteiger partial charge is 0.346 e. The normalized spacial score (nSPS) is 15.8. The van der Waals surface area contributed by atoms with E-state index in [-0.39, 0.29) is 11.9 Å². The van der Waals surface area contributed by atoms with E-state index in [1.807, 2.05) is 19.1 Å². The number of amides is 1. The molecule has 1 saturated heterocycles. The minimum atomic E-state index is -0.0186. The third-order valence-corrected chi connectivity index (χ3v) is 6.94. The van der Waals surface area contributed by atoms with E-state index < -0.39 is 0 Å². The van der Waals surface area contributed by atoms with Crippen LogP contribution in [-0.2, 0) is 13.0 Å². The Kier molecular flexibility index (Phi) is 7.61. The summed E-state index contributed by atoms with van der Waals surface area (Å²) < 4.78 is 0. The summed E-state index contributed by atoms with van der Waals surface area (Å²) in [6.45, 7) is 9.49. The molecule has 1 heterocycles. The smallest absolute Gasteiger partial charge is 0.251 e. The van der Waals surface area contributed by atoms with Crippen LogP contribution in [0.1, 0.15) is 64.0 Å². The van der Waals surface area contributed by atoms with E-state index in [1.54, 1.807) is 0 Å². The number of hydrogen-bond donors (Lipinski definition) is 1. The zero-order valence-electron chi connectivity index (χ0n) is 20.2. The van der Waals surface area contributed by atoms with Crippen LogP contribution in [0.2, 0.25) is 0 Å². The van der Waals surface area contributed by atoms with Crippen molar-refractivity contribution in [2.75, 3.05) is 13.1 Å². The van der Waals surface area contributed by atoms with Crippen molar-refractivity contribution in [2.45, 2.75) is 52.6 Å². The summed E-state index contributed by atoms with van der Waals surface area (Å²) in [5.74, 6) is 0.768. The number of likely N-dealkylation sites (tertiary alicyclic amines) is 1. The molecule has 1 unspecified atom stereocenters. The Bertz CT molecular complexity index is 1050. The average molecular weight is 441 g/mol. The Hall–Kier alpha value is -2.91. The van der Waals surface area contributed by atoms with Gasteiger partial charge in [-0.15, -0.1) is 0 Å². The van der Waals surface area contributed by atoms with E-state index in [2.05, 4.69) is 84.7 Å². The Balaban J connectivity index is 1.26. The standard InChI is InChI=1S/C30H36N2O/c1-22-9-14-29(23(2)19-22)24(3)31-30(33)28-12-10-27(11-13-28)21-32-17-15-26(16-18-32)20-25-7-5-4-6-8-25/h4-14,19,24,26H,15-18,20-21H2,1-3H3,(H,31,33). The number of piperidine rings is 1. The molecule has 0 bridgehead atoms. The van der Waals surface area contributed by atoms with Crippen molar-refractivity contribution in [1.82, 2.24) is 10.2 Å². The third-order valence-electron chi connectivity index (χ3n) is 6.94. The van der Waals surface area contributed by atoms with Crippen LogP contribution in [0.5, 0.6) is 0 Å². The van der Waals surface area contributed by atoms with E-state index in [4.69, 9.17) is 0 Å². The molecule has 0 saturated carbocycles. The van der Waals surface area contributed by atoms with E-state index >= 15 is 0 Å². The highest BCUT2D eigenvalue weighted by Gasteiger charge is 2.20. The summed E-state index contributed by atoms with van der Waals surface area (Å²) in [6.07, 6.45) is 3.70. The number of rotatable bonds is 7. The van der Waals surface area contributed by atoms with Gasteiger partial charge in [0.25, 0.3) is 5.91 Å². The van der Waals surface area contributed by atoms with Crippen molar-refractivity contribution in [3.8, 4) is 0 Å². The molecule has 3 aromatic rings. The molecule has 3 nitrogen and oxygen atoms in total. The molecular formula is C30H36N2O. The fraction of sp³-hybridized carbons (Fsp3) is 0.367. The maximum atomic E-state index is 12.8. The van der Waals surface area contributed by atoms with Crippen molar-refractivity contribution < 1.29 is 4.79 Å². The lowest BCUT2D eigenvalue weighted by Gasteiger charge is -2.32. The number of nitrogens with one attached hydrogen (secondary N) is 1. The maximum Gasteiger partial charge on any atom is 0.251 e. The highest BCUT2D eigenvalue weighted by atomic mass is 16.1. The summed E-state index contributed by atoms with van der Waals surface area (Å²) in [5, 5.41) is 3.15. The van der Waals surface area contributed by atoms with Crippen molar-refractivity contribution in [3.63, 3.8) is 0 Å². The summed E-state index contributed by atoms with van der Waals surface area (Å²) in [4.78, 5) is 15.3. The lowest BCUT2D eigenvalue weighted by molar-refractivity contribution is 0.0940. The van der Waals surface area contributed by atoms with Gasteiger partial charge in [-0.2, -0.15) is 0 Å². The van der Waals surface area contributed by atoms with Gasteiger partial charge in [0.2, 0.25) is 0 Å². The first kappa shape index (κ1) is 23.3. The minimum absolute atomic E-state index is 0.0178. The molecule has 1 fully saturated rings. The Morgan fingerprint density at radius 1 is 0.939 bits per heavy atom. The van der Waals surface area contributed by atoms with Crippen LogP contribution in [-0.4, -0.2) is 23.9 Å². The van der Waals surface area contributed by atoms with E-state index in [0.29, 0.717) is 0 Å². The fourth-order valence-corrected chi connectivity index (χ4v) is 4.99. The van der Waals surface area contributed by atoms with Crippen LogP contribution in [0.15, 0.2) is 72.8 Å². The molecular weight excluding hydrogens is 404 g/mol. The molecule has 3 heteroatoms. The highest BCUT2D eigenvalue weighted by molar-refractivity contribution is 5.94. The molecule has 33 heavy (non-hydrogen) atoms. The van der Waals surface area contributed by atoms with E-state index in [9.17, 15) is 4.79 Å².